The molecule has 0 saturated carbocycles. The van der Waals surface area contributed by atoms with Crippen LogP contribution in [0.15, 0.2) is 35.3 Å². The average molecular weight is 328 g/mol. The molecule has 4 nitrogen and oxygen atoms in total. The van der Waals surface area contributed by atoms with Crippen LogP contribution in [0.25, 0.3) is 0 Å². The van der Waals surface area contributed by atoms with E-state index >= 15 is 0 Å². The van der Waals surface area contributed by atoms with Gasteiger partial charge in [0, 0.05) is 25.8 Å². The summed E-state index contributed by atoms with van der Waals surface area (Å²) in [5, 5.41) is 0. The van der Waals surface area contributed by atoms with E-state index < -0.39 is 0 Å². The zero-order valence-corrected chi connectivity index (χ0v) is 12.8. The lowest BCUT2D eigenvalue weighted by Gasteiger charge is -2.21. The SMILES string of the molecule is C=CCN(CCOC)C(=O)c1ccc(OC)c(Br)c1. The van der Waals surface area contributed by atoms with Crippen molar-refractivity contribution in [2.45, 2.75) is 0 Å². The lowest BCUT2D eigenvalue weighted by Crippen LogP contribution is -2.34. The number of benzene rings is 1. The van der Waals surface area contributed by atoms with Crippen molar-refractivity contribution in [1.29, 1.82) is 0 Å². The van der Waals surface area contributed by atoms with Crippen molar-refractivity contribution < 1.29 is 14.3 Å². The molecule has 0 aliphatic heterocycles. The quantitative estimate of drug-likeness (QED) is 0.723. The summed E-state index contributed by atoms with van der Waals surface area (Å²) in [4.78, 5) is 14.0. The molecule has 0 aliphatic carbocycles. The third-order valence-corrected chi connectivity index (χ3v) is 3.22. The molecule has 19 heavy (non-hydrogen) atoms. The summed E-state index contributed by atoms with van der Waals surface area (Å²) in [5.41, 5.74) is 0.602. The largest absolute Gasteiger partial charge is 0.496 e. The van der Waals surface area contributed by atoms with Crippen LogP contribution in [0.5, 0.6) is 5.75 Å². The van der Waals surface area contributed by atoms with Gasteiger partial charge in [0.15, 0.2) is 0 Å². The molecule has 1 aromatic rings. The number of carbonyl (C=O) groups excluding carboxylic acids is 1. The summed E-state index contributed by atoms with van der Waals surface area (Å²) in [6, 6.07) is 5.26. The Bertz CT molecular complexity index is 448. The predicted molar refractivity (Wildman–Crippen MR) is 78.7 cm³/mol. The number of hydrogen-bond donors (Lipinski definition) is 0. The van der Waals surface area contributed by atoms with Crippen LogP contribution in [0.4, 0.5) is 0 Å². The topological polar surface area (TPSA) is 38.8 Å². The first-order chi connectivity index (χ1) is 9.13. The van der Waals surface area contributed by atoms with Gasteiger partial charge in [0.05, 0.1) is 18.2 Å². The van der Waals surface area contributed by atoms with Crippen LogP contribution in [-0.2, 0) is 4.74 Å². The molecule has 104 valence electrons. The highest BCUT2D eigenvalue weighted by atomic mass is 79.9. The lowest BCUT2D eigenvalue weighted by atomic mass is 10.2. The van der Waals surface area contributed by atoms with Gasteiger partial charge >= 0.3 is 0 Å². The molecule has 1 amide bonds. The zero-order chi connectivity index (χ0) is 14.3. The highest BCUT2D eigenvalue weighted by molar-refractivity contribution is 9.10. The van der Waals surface area contributed by atoms with Crippen LogP contribution in [0, 0.1) is 0 Å². The minimum atomic E-state index is -0.0553. The van der Waals surface area contributed by atoms with Gasteiger partial charge in [0.25, 0.3) is 5.91 Å². The molecule has 0 bridgehead atoms. The molecule has 5 heteroatoms. The molecule has 0 aliphatic rings. The number of halogens is 1. The fourth-order valence-electron chi connectivity index (χ4n) is 1.62. The molecular weight excluding hydrogens is 310 g/mol. The number of methoxy groups -OCH3 is 2. The van der Waals surface area contributed by atoms with Crippen LogP contribution >= 0.6 is 15.9 Å². The predicted octanol–water partition coefficient (Wildman–Crippen LogP) is 2.73. The summed E-state index contributed by atoms with van der Waals surface area (Å²) in [6.07, 6.45) is 1.70. The Labute approximate surface area is 122 Å². The zero-order valence-electron chi connectivity index (χ0n) is 11.2. The van der Waals surface area contributed by atoms with E-state index in [1.807, 2.05) is 0 Å². The van der Waals surface area contributed by atoms with E-state index in [1.54, 1.807) is 43.4 Å². The third kappa shape index (κ3) is 4.36. The summed E-state index contributed by atoms with van der Waals surface area (Å²) in [6.45, 7) is 5.19. The average Bonchev–Trinajstić information content (AvgIpc) is 2.42. The van der Waals surface area contributed by atoms with E-state index in [0.717, 1.165) is 4.47 Å². The van der Waals surface area contributed by atoms with Crippen LogP contribution < -0.4 is 4.74 Å². The molecule has 0 fully saturated rings. The molecule has 0 aromatic heterocycles. The molecular formula is C14H18BrNO3. The molecule has 0 N–H and O–H groups in total. The first kappa shape index (κ1) is 15.7. The summed E-state index contributed by atoms with van der Waals surface area (Å²) >= 11 is 3.38. The maximum Gasteiger partial charge on any atom is 0.254 e. The highest BCUT2D eigenvalue weighted by Crippen LogP contribution is 2.26. The number of rotatable bonds is 7. The molecule has 1 rings (SSSR count). The summed E-state index contributed by atoms with van der Waals surface area (Å²) < 4.78 is 10.9. The number of amides is 1. The van der Waals surface area contributed by atoms with Crippen molar-refractivity contribution in [2.75, 3.05) is 33.9 Å². The fraction of sp³-hybridized carbons (Fsp3) is 0.357. The third-order valence-electron chi connectivity index (χ3n) is 2.60. The molecule has 0 heterocycles. The smallest absolute Gasteiger partial charge is 0.254 e. The molecule has 0 atom stereocenters. The molecule has 0 unspecified atom stereocenters. The van der Waals surface area contributed by atoms with Gasteiger partial charge in [-0.3, -0.25) is 4.79 Å². The standard InChI is InChI=1S/C14H18BrNO3/c1-4-7-16(8-9-18-2)14(17)11-5-6-13(19-3)12(15)10-11/h4-6,10H,1,7-9H2,2-3H3. The van der Waals surface area contributed by atoms with E-state index in [0.29, 0.717) is 31.0 Å². The first-order valence-electron chi connectivity index (χ1n) is 5.86. The van der Waals surface area contributed by atoms with E-state index in [-0.39, 0.29) is 5.91 Å². The van der Waals surface area contributed by atoms with Crippen LogP contribution in [-0.4, -0.2) is 44.7 Å². The van der Waals surface area contributed by atoms with E-state index in [2.05, 4.69) is 22.5 Å². The van der Waals surface area contributed by atoms with Gasteiger partial charge in [0.2, 0.25) is 0 Å². The second-order valence-corrected chi connectivity index (χ2v) is 4.74. The van der Waals surface area contributed by atoms with E-state index in [9.17, 15) is 4.79 Å². The molecule has 0 spiro atoms. The Balaban J connectivity index is 2.89. The second kappa shape index (κ2) is 7.96. The normalized spacial score (nSPS) is 10.1. The number of hydrogen-bond acceptors (Lipinski definition) is 3. The Morgan fingerprint density at radius 2 is 2.21 bits per heavy atom. The first-order valence-corrected chi connectivity index (χ1v) is 6.66. The number of carbonyl (C=O) groups is 1. The van der Waals surface area contributed by atoms with Gasteiger partial charge < -0.3 is 14.4 Å². The van der Waals surface area contributed by atoms with Crippen molar-refractivity contribution in [3.8, 4) is 5.75 Å². The number of ether oxygens (including phenoxy) is 2. The fourth-order valence-corrected chi connectivity index (χ4v) is 2.16. The second-order valence-electron chi connectivity index (χ2n) is 3.88. The molecule has 0 radical (unpaired) electrons. The van der Waals surface area contributed by atoms with Crippen LogP contribution in [0.2, 0.25) is 0 Å². The van der Waals surface area contributed by atoms with Gasteiger partial charge in [-0.2, -0.15) is 0 Å². The Morgan fingerprint density at radius 3 is 2.74 bits per heavy atom. The van der Waals surface area contributed by atoms with E-state index in [4.69, 9.17) is 9.47 Å². The lowest BCUT2D eigenvalue weighted by molar-refractivity contribution is 0.0718. The molecule has 1 aromatic carbocycles. The van der Waals surface area contributed by atoms with Gasteiger partial charge in [-0.1, -0.05) is 6.08 Å². The van der Waals surface area contributed by atoms with Crippen molar-refractivity contribution in [2.24, 2.45) is 0 Å². The van der Waals surface area contributed by atoms with Gasteiger partial charge in [-0.25, -0.2) is 0 Å². The van der Waals surface area contributed by atoms with Crippen LogP contribution in [0.1, 0.15) is 10.4 Å². The van der Waals surface area contributed by atoms with Crippen molar-refractivity contribution in [3.63, 3.8) is 0 Å². The van der Waals surface area contributed by atoms with Gasteiger partial charge in [0.1, 0.15) is 5.75 Å². The maximum atomic E-state index is 12.4. The summed E-state index contributed by atoms with van der Waals surface area (Å²) in [5.74, 6) is 0.643. The Kier molecular flexibility index (Phi) is 6.59. The Morgan fingerprint density at radius 1 is 1.47 bits per heavy atom. The van der Waals surface area contributed by atoms with Crippen molar-refractivity contribution in [3.05, 3.63) is 40.9 Å². The highest BCUT2D eigenvalue weighted by Gasteiger charge is 2.15. The van der Waals surface area contributed by atoms with Gasteiger partial charge in [-0.05, 0) is 34.1 Å². The number of nitrogens with zero attached hydrogens (tertiary/aromatic N) is 1. The van der Waals surface area contributed by atoms with Crippen molar-refractivity contribution in [1.82, 2.24) is 4.90 Å². The maximum absolute atomic E-state index is 12.4. The van der Waals surface area contributed by atoms with E-state index in [1.165, 1.54) is 0 Å². The van der Waals surface area contributed by atoms with Crippen molar-refractivity contribution >= 4 is 21.8 Å². The minimum absolute atomic E-state index is 0.0553. The minimum Gasteiger partial charge on any atom is -0.496 e. The monoisotopic (exact) mass is 327 g/mol. The van der Waals surface area contributed by atoms with Crippen LogP contribution in [0.3, 0.4) is 0 Å². The summed E-state index contributed by atoms with van der Waals surface area (Å²) in [7, 11) is 3.20. The van der Waals surface area contributed by atoms with Gasteiger partial charge in [-0.15, -0.1) is 6.58 Å². The Hall–Kier alpha value is -1.33. The molecule has 0 saturated heterocycles.